The van der Waals surface area contributed by atoms with Crippen LogP contribution in [-0.2, 0) is 27.7 Å². The lowest BCUT2D eigenvalue weighted by molar-refractivity contribution is 0.0730. The van der Waals surface area contributed by atoms with E-state index >= 15 is 0 Å². The highest BCUT2D eigenvalue weighted by Crippen LogP contribution is 2.37. The molecule has 2 aliphatic heterocycles. The number of amides is 1. The molecule has 10 heteroatoms. The lowest BCUT2D eigenvalue weighted by Crippen LogP contribution is -2.40. The number of rotatable bonds is 6. The highest BCUT2D eigenvalue weighted by Gasteiger charge is 2.27. The first-order valence-corrected chi connectivity index (χ1v) is 13.0. The molecule has 170 valence electrons. The largest absolute Gasteiger partial charge is 0.379 e. The number of fused-ring (bicyclic) bond motifs is 1. The van der Waals surface area contributed by atoms with Gasteiger partial charge in [-0.3, -0.25) is 9.69 Å². The van der Waals surface area contributed by atoms with Crippen LogP contribution in [0.3, 0.4) is 0 Å². The van der Waals surface area contributed by atoms with Gasteiger partial charge < -0.3 is 10.1 Å². The molecule has 1 N–H and O–H groups in total. The minimum absolute atomic E-state index is 0.149. The maximum Gasteiger partial charge on any atom is 0.256 e. The molecule has 0 atom stereocenters. The van der Waals surface area contributed by atoms with Crippen molar-refractivity contribution in [3.63, 3.8) is 0 Å². The van der Waals surface area contributed by atoms with Crippen LogP contribution in [0.2, 0.25) is 0 Å². The second-order valence-electron chi connectivity index (χ2n) is 7.84. The van der Waals surface area contributed by atoms with Crippen molar-refractivity contribution in [1.29, 1.82) is 5.26 Å². The van der Waals surface area contributed by atoms with E-state index in [0.717, 1.165) is 42.9 Å². The molecule has 0 radical (unpaired) electrons. The van der Waals surface area contributed by atoms with Gasteiger partial charge in [0, 0.05) is 36.6 Å². The average Bonchev–Trinajstić information content (AvgIpc) is 3.16. The minimum atomic E-state index is -3.61. The van der Waals surface area contributed by atoms with Crippen LogP contribution in [-0.4, -0.2) is 62.9 Å². The fraction of sp³-hybridized carbons (Fsp3) is 0.455. The van der Waals surface area contributed by atoms with Gasteiger partial charge in [0.25, 0.3) is 5.91 Å². The van der Waals surface area contributed by atoms with Crippen molar-refractivity contribution in [3.05, 3.63) is 45.8 Å². The molecule has 0 spiro atoms. The lowest BCUT2D eigenvalue weighted by atomic mass is 10.0. The summed E-state index contributed by atoms with van der Waals surface area (Å²) in [6.45, 7) is 6.27. The molecule has 2 aliphatic rings. The SMILES string of the molecule is CCCN1CCc2c(sc(NC(=O)c3ccc(S(=O)(=O)N4CCOCC4)cc3)c2C#N)C1. The van der Waals surface area contributed by atoms with Gasteiger partial charge in [-0.25, -0.2) is 8.42 Å². The van der Waals surface area contributed by atoms with Crippen molar-refractivity contribution in [1.82, 2.24) is 9.21 Å². The van der Waals surface area contributed by atoms with E-state index in [0.29, 0.717) is 42.4 Å². The predicted octanol–water partition coefficient (Wildman–Crippen LogP) is 2.66. The predicted molar refractivity (Wildman–Crippen MR) is 122 cm³/mol. The Balaban J connectivity index is 1.50. The highest BCUT2D eigenvalue weighted by molar-refractivity contribution is 7.89. The van der Waals surface area contributed by atoms with Crippen molar-refractivity contribution in [3.8, 4) is 6.07 Å². The summed E-state index contributed by atoms with van der Waals surface area (Å²) < 4.78 is 32.1. The summed E-state index contributed by atoms with van der Waals surface area (Å²) in [7, 11) is -3.61. The van der Waals surface area contributed by atoms with Gasteiger partial charge in [0.05, 0.1) is 23.7 Å². The lowest BCUT2D eigenvalue weighted by Gasteiger charge is -2.26. The topological polar surface area (TPSA) is 103 Å². The van der Waals surface area contributed by atoms with Gasteiger partial charge in [-0.05, 0) is 49.2 Å². The molecule has 4 rings (SSSR count). The number of carbonyl (C=O) groups excluding carboxylic acids is 1. The smallest absolute Gasteiger partial charge is 0.256 e. The van der Waals surface area contributed by atoms with E-state index in [-0.39, 0.29) is 10.8 Å². The quantitative estimate of drug-likeness (QED) is 0.691. The van der Waals surface area contributed by atoms with Crippen molar-refractivity contribution in [2.24, 2.45) is 0 Å². The molecule has 0 saturated carbocycles. The summed E-state index contributed by atoms with van der Waals surface area (Å²) >= 11 is 1.45. The highest BCUT2D eigenvalue weighted by atomic mass is 32.2. The van der Waals surface area contributed by atoms with E-state index in [9.17, 15) is 18.5 Å². The number of thiophene rings is 1. The molecule has 2 aromatic rings. The van der Waals surface area contributed by atoms with Crippen LogP contribution in [0.4, 0.5) is 5.00 Å². The third-order valence-electron chi connectivity index (χ3n) is 5.74. The normalized spacial score (nSPS) is 17.5. The maximum absolute atomic E-state index is 12.8. The van der Waals surface area contributed by atoms with Gasteiger partial charge in [0.1, 0.15) is 11.1 Å². The number of hydrogen-bond acceptors (Lipinski definition) is 7. The van der Waals surface area contributed by atoms with E-state index in [1.807, 2.05) is 0 Å². The Hall–Kier alpha value is -2.29. The first-order chi connectivity index (χ1) is 15.4. The fourth-order valence-electron chi connectivity index (χ4n) is 4.06. The summed E-state index contributed by atoms with van der Waals surface area (Å²) in [5.41, 5.74) is 1.92. The van der Waals surface area contributed by atoms with Gasteiger partial charge in [0.2, 0.25) is 10.0 Å². The van der Waals surface area contributed by atoms with Crippen molar-refractivity contribution < 1.29 is 17.9 Å². The Morgan fingerprint density at radius 3 is 2.59 bits per heavy atom. The van der Waals surface area contributed by atoms with Crippen molar-refractivity contribution in [2.75, 3.05) is 44.7 Å². The van der Waals surface area contributed by atoms with Crippen LogP contribution < -0.4 is 5.32 Å². The van der Waals surface area contributed by atoms with Crippen LogP contribution in [0.1, 0.15) is 39.7 Å². The van der Waals surface area contributed by atoms with Gasteiger partial charge in [-0.1, -0.05) is 6.92 Å². The van der Waals surface area contributed by atoms with E-state index in [1.165, 1.54) is 39.9 Å². The third-order valence-corrected chi connectivity index (χ3v) is 8.78. The molecule has 1 aromatic carbocycles. The summed E-state index contributed by atoms with van der Waals surface area (Å²) in [4.78, 5) is 16.5. The van der Waals surface area contributed by atoms with Crippen LogP contribution in [0.25, 0.3) is 0 Å². The summed E-state index contributed by atoms with van der Waals surface area (Å²) in [6, 6.07) is 8.17. The molecule has 0 bridgehead atoms. The second kappa shape index (κ2) is 9.68. The molecule has 8 nitrogen and oxygen atoms in total. The van der Waals surface area contributed by atoms with E-state index in [2.05, 4.69) is 23.2 Å². The van der Waals surface area contributed by atoms with E-state index in [4.69, 9.17) is 4.74 Å². The molecular formula is C22H26N4O4S2. The van der Waals surface area contributed by atoms with Crippen LogP contribution in [0.5, 0.6) is 0 Å². The van der Waals surface area contributed by atoms with Gasteiger partial charge in [0.15, 0.2) is 0 Å². The monoisotopic (exact) mass is 474 g/mol. The molecule has 1 aromatic heterocycles. The number of morpholine rings is 1. The minimum Gasteiger partial charge on any atom is -0.379 e. The number of nitrogens with one attached hydrogen (secondary N) is 1. The second-order valence-corrected chi connectivity index (χ2v) is 10.9. The van der Waals surface area contributed by atoms with Gasteiger partial charge in [-0.2, -0.15) is 9.57 Å². The molecule has 3 heterocycles. The number of nitriles is 1. The van der Waals surface area contributed by atoms with Gasteiger partial charge >= 0.3 is 0 Å². The van der Waals surface area contributed by atoms with E-state index < -0.39 is 10.0 Å². The first kappa shape index (κ1) is 22.9. The Bertz CT molecular complexity index is 1130. The Morgan fingerprint density at radius 1 is 1.22 bits per heavy atom. The number of carbonyl (C=O) groups is 1. The van der Waals surface area contributed by atoms with Gasteiger partial charge in [-0.15, -0.1) is 11.3 Å². The summed E-state index contributed by atoms with van der Waals surface area (Å²) in [5.74, 6) is -0.360. The fourth-order valence-corrected chi connectivity index (χ4v) is 6.70. The average molecular weight is 475 g/mol. The third kappa shape index (κ3) is 4.58. The van der Waals surface area contributed by atoms with Crippen LogP contribution in [0.15, 0.2) is 29.2 Å². The van der Waals surface area contributed by atoms with Crippen LogP contribution in [0, 0.1) is 11.3 Å². The van der Waals surface area contributed by atoms with Crippen molar-refractivity contribution >= 4 is 32.3 Å². The molecule has 1 amide bonds. The molecule has 32 heavy (non-hydrogen) atoms. The number of ether oxygens (including phenoxy) is 1. The number of anilines is 1. The Labute approximate surface area is 192 Å². The zero-order chi connectivity index (χ0) is 22.7. The molecule has 0 aliphatic carbocycles. The molecule has 1 saturated heterocycles. The Kier molecular flexibility index (Phi) is 6.93. The van der Waals surface area contributed by atoms with E-state index in [1.54, 1.807) is 0 Å². The zero-order valence-corrected chi connectivity index (χ0v) is 19.6. The summed E-state index contributed by atoms with van der Waals surface area (Å²) in [6.07, 6.45) is 1.88. The standard InChI is InChI=1S/C22H26N4O4S2/c1-2-8-25-9-7-18-19(14-23)22(31-20(18)15-25)24-21(27)16-3-5-17(6-4-16)32(28,29)26-10-12-30-13-11-26/h3-6H,2,7-13,15H2,1H3,(H,24,27). The first-order valence-electron chi connectivity index (χ1n) is 10.7. The Morgan fingerprint density at radius 2 is 1.94 bits per heavy atom. The number of sulfonamides is 1. The zero-order valence-electron chi connectivity index (χ0n) is 18.0. The number of hydrogen-bond donors (Lipinski definition) is 1. The molecule has 0 unspecified atom stereocenters. The van der Waals surface area contributed by atoms with Crippen LogP contribution >= 0.6 is 11.3 Å². The summed E-state index contributed by atoms with van der Waals surface area (Å²) in [5, 5.41) is 13.1. The number of nitrogens with zero attached hydrogens (tertiary/aromatic N) is 3. The maximum atomic E-state index is 12.8. The number of benzene rings is 1. The molecular weight excluding hydrogens is 448 g/mol. The molecule has 1 fully saturated rings. The van der Waals surface area contributed by atoms with Crippen molar-refractivity contribution in [2.45, 2.75) is 31.2 Å².